The standard InChI is InChI=1S/C15H21ClN2O/c1-11(13-6-2-3-7-14(13)16)18-15(19)9-12-5-4-8-17-10-12/h2-3,6-7,11-12,17H,4-5,8-10H2,1H3,(H,18,19)/t11-,12?/m1/s1. The Balaban J connectivity index is 1.86. The van der Waals surface area contributed by atoms with Crippen LogP contribution in [0, 0.1) is 5.92 Å². The first kappa shape index (κ1) is 14.4. The second kappa shape index (κ2) is 6.92. The molecule has 2 rings (SSSR count). The van der Waals surface area contributed by atoms with Crippen LogP contribution in [0.3, 0.4) is 0 Å². The minimum Gasteiger partial charge on any atom is -0.350 e. The van der Waals surface area contributed by atoms with Crippen molar-refractivity contribution in [1.29, 1.82) is 0 Å². The fraction of sp³-hybridized carbons (Fsp3) is 0.533. The van der Waals surface area contributed by atoms with Gasteiger partial charge in [-0.2, -0.15) is 0 Å². The number of carbonyl (C=O) groups excluding carboxylic acids is 1. The van der Waals surface area contributed by atoms with Crippen LogP contribution in [0.5, 0.6) is 0 Å². The van der Waals surface area contributed by atoms with Crippen LogP contribution < -0.4 is 10.6 Å². The summed E-state index contributed by atoms with van der Waals surface area (Å²) in [6.45, 7) is 4.00. The van der Waals surface area contributed by atoms with Crippen LogP contribution >= 0.6 is 11.6 Å². The molecule has 0 spiro atoms. The summed E-state index contributed by atoms with van der Waals surface area (Å²) in [4.78, 5) is 12.0. The molecule has 1 aromatic rings. The number of rotatable bonds is 4. The van der Waals surface area contributed by atoms with E-state index in [-0.39, 0.29) is 11.9 Å². The highest BCUT2D eigenvalue weighted by atomic mass is 35.5. The summed E-state index contributed by atoms with van der Waals surface area (Å²) in [6, 6.07) is 7.60. The molecule has 0 bridgehead atoms. The zero-order valence-electron chi connectivity index (χ0n) is 11.3. The third-order valence-electron chi connectivity index (χ3n) is 3.62. The van der Waals surface area contributed by atoms with E-state index in [1.165, 1.54) is 0 Å². The van der Waals surface area contributed by atoms with Crippen molar-refractivity contribution in [3.05, 3.63) is 34.9 Å². The molecule has 3 nitrogen and oxygen atoms in total. The second-order valence-corrected chi connectivity index (χ2v) is 5.63. The highest BCUT2D eigenvalue weighted by Crippen LogP contribution is 2.22. The molecule has 1 heterocycles. The van der Waals surface area contributed by atoms with Crippen molar-refractivity contribution in [2.75, 3.05) is 13.1 Å². The molecule has 104 valence electrons. The van der Waals surface area contributed by atoms with Gasteiger partial charge in [-0.1, -0.05) is 29.8 Å². The van der Waals surface area contributed by atoms with Crippen molar-refractivity contribution in [3.63, 3.8) is 0 Å². The average Bonchev–Trinajstić information content (AvgIpc) is 2.40. The fourth-order valence-corrected chi connectivity index (χ4v) is 2.86. The molecule has 1 fully saturated rings. The monoisotopic (exact) mass is 280 g/mol. The van der Waals surface area contributed by atoms with Crippen LogP contribution in [-0.2, 0) is 4.79 Å². The maximum atomic E-state index is 12.0. The Bertz CT molecular complexity index is 430. The van der Waals surface area contributed by atoms with Gasteiger partial charge in [0.1, 0.15) is 0 Å². The molecule has 0 aromatic heterocycles. The highest BCUT2D eigenvalue weighted by Gasteiger charge is 2.18. The topological polar surface area (TPSA) is 41.1 Å². The molecule has 1 aromatic carbocycles. The van der Waals surface area contributed by atoms with E-state index in [0.29, 0.717) is 17.4 Å². The number of halogens is 1. The molecule has 2 atom stereocenters. The number of nitrogens with one attached hydrogen (secondary N) is 2. The van der Waals surface area contributed by atoms with Gasteiger partial charge in [0.2, 0.25) is 5.91 Å². The van der Waals surface area contributed by atoms with Gasteiger partial charge in [-0.3, -0.25) is 4.79 Å². The van der Waals surface area contributed by atoms with Gasteiger partial charge in [0, 0.05) is 11.4 Å². The van der Waals surface area contributed by atoms with Crippen LogP contribution in [-0.4, -0.2) is 19.0 Å². The zero-order chi connectivity index (χ0) is 13.7. The Labute approximate surface area is 119 Å². The van der Waals surface area contributed by atoms with Crippen LogP contribution in [0.15, 0.2) is 24.3 Å². The van der Waals surface area contributed by atoms with E-state index in [1.54, 1.807) is 0 Å². The molecule has 4 heteroatoms. The second-order valence-electron chi connectivity index (χ2n) is 5.23. The lowest BCUT2D eigenvalue weighted by Crippen LogP contribution is -2.35. The zero-order valence-corrected chi connectivity index (χ0v) is 12.0. The molecule has 2 N–H and O–H groups in total. The predicted octanol–water partition coefficient (Wildman–Crippen LogP) is 2.91. The quantitative estimate of drug-likeness (QED) is 0.890. The number of benzene rings is 1. The van der Waals surface area contributed by atoms with Crippen molar-refractivity contribution in [3.8, 4) is 0 Å². The Hall–Kier alpha value is -1.06. The van der Waals surface area contributed by atoms with E-state index < -0.39 is 0 Å². The summed E-state index contributed by atoms with van der Waals surface area (Å²) < 4.78 is 0. The van der Waals surface area contributed by atoms with Crippen LogP contribution in [0.25, 0.3) is 0 Å². The predicted molar refractivity (Wildman–Crippen MR) is 78.2 cm³/mol. The minimum atomic E-state index is -0.0438. The molecule has 1 amide bonds. The van der Waals surface area contributed by atoms with Crippen molar-refractivity contribution >= 4 is 17.5 Å². The normalized spacial score (nSPS) is 20.8. The van der Waals surface area contributed by atoms with E-state index >= 15 is 0 Å². The first-order chi connectivity index (χ1) is 9.16. The summed E-state index contributed by atoms with van der Waals surface area (Å²) in [5.74, 6) is 0.577. The highest BCUT2D eigenvalue weighted by molar-refractivity contribution is 6.31. The maximum Gasteiger partial charge on any atom is 0.220 e. The SMILES string of the molecule is C[C@@H](NC(=O)CC1CCCNC1)c1ccccc1Cl. The largest absolute Gasteiger partial charge is 0.350 e. The molecular weight excluding hydrogens is 260 g/mol. The van der Waals surface area contributed by atoms with E-state index in [9.17, 15) is 4.79 Å². The Morgan fingerprint density at radius 2 is 2.32 bits per heavy atom. The summed E-state index contributed by atoms with van der Waals surface area (Å²) >= 11 is 6.13. The summed E-state index contributed by atoms with van der Waals surface area (Å²) in [5, 5.41) is 7.07. The minimum absolute atomic E-state index is 0.0438. The first-order valence-electron chi connectivity index (χ1n) is 6.91. The van der Waals surface area contributed by atoms with E-state index in [1.807, 2.05) is 31.2 Å². The third-order valence-corrected chi connectivity index (χ3v) is 3.97. The van der Waals surface area contributed by atoms with Gasteiger partial charge in [0.15, 0.2) is 0 Å². The van der Waals surface area contributed by atoms with E-state index in [0.717, 1.165) is 31.5 Å². The fourth-order valence-electron chi connectivity index (χ4n) is 2.56. The Morgan fingerprint density at radius 1 is 1.53 bits per heavy atom. The molecule has 0 saturated carbocycles. The van der Waals surface area contributed by atoms with Gasteiger partial charge >= 0.3 is 0 Å². The number of carbonyl (C=O) groups is 1. The molecule has 1 aliphatic heterocycles. The smallest absolute Gasteiger partial charge is 0.220 e. The third kappa shape index (κ3) is 4.22. The van der Waals surface area contributed by atoms with Crippen LogP contribution in [0.1, 0.15) is 37.8 Å². The molecule has 1 aliphatic rings. The van der Waals surface area contributed by atoms with Crippen molar-refractivity contribution in [2.24, 2.45) is 5.92 Å². The van der Waals surface area contributed by atoms with Gasteiger partial charge in [-0.05, 0) is 50.4 Å². The van der Waals surface area contributed by atoms with Gasteiger partial charge in [-0.15, -0.1) is 0 Å². The van der Waals surface area contributed by atoms with Crippen molar-refractivity contribution in [1.82, 2.24) is 10.6 Å². The summed E-state index contributed by atoms with van der Waals surface area (Å²) in [7, 11) is 0. The average molecular weight is 281 g/mol. The molecule has 19 heavy (non-hydrogen) atoms. The molecule has 0 radical (unpaired) electrons. The number of piperidine rings is 1. The summed E-state index contributed by atoms with van der Waals surface area (Å²) in [5.41, 5.74) is 0.972. The molecule has 1 unspecified atom stereocenters. The van der Waals surface area contributed by atoms with Crippen molar-refractivity contribution < 1.29 is 4.79 Å². The van der Waals surface area contributed by atoms with Gasteiger partial charge in [-0.25, -0.2) is 0 Å². The van der Waals surface area contributed by atoms with Gasteiger partial charge in [0.05, 0.1) is 6.04 Å². The van der Waals surface area contributed by atoms with Crippen molar-refractivity contribution in [2.45, 2.75) is 32.2 Å². The number of amides is 1. The summed E-state index contributed by atoms with van der Waals surface area (Å²) in [6.07, 6.45) is 2.90. The lowest BCUT2D eigenvalue weighted by molar-refractivity contribution is -0.122. The maximum absolute atomic E-state index is 12.0. The molecular formula is C15H21ClN2O. The van der Waals surface area contributed by atoms with Crippen LogP contribution in [0.2, 0.25) is 5.02 Å². The number of hydrogen-bond acceptors (Lipinski definition) is 2. The first-order valence-corrected chi connectivity index (χ1v) is 7.29. The van der Waals surface area contributed by atoms with E-state index in [4.69, 9.17) is 11.6 Å². The van der Waals surface area contributed by atoms with Gasteiger partial charge in [0.25, 0.3) is 0 Å². The Morgan fingerprint density at radius 3 is 3.00 bits per heavy atom. The van der Waals surface area contributed by atoms with E-state index in [2.05, 4.69) is 10.6 Å². The molecule has 0 aliphatic carbocycles. The Kier molecular flexibility index (Phi) is 5.23. The van der Waals surface area contributed by atoms with Crippen LogP contribution in [0.4, 0.5) is 0 Å². The van der Waals surface area contributed by atoms with Gasteiger partial charge < -0.3 is 10.6 Å². The lowest BCUT2D eigenvalue weighted by atomic mass is 9.95. The lowest BCUT2D eigenvalue weighted by Gasteiger charge is -2.23. The number of hydrogen-bond donors (Lipinski definition) is 2. The molecule has 1 saturated heterocycles.